The van der Waals surface area contributed by atoms with E-state index in [2.05, 4.69) is 9.62 Å². The lowest BCUT2D eigenvalue weighted by Crippen LogP contribution is -2.48. The van der Waals surface area contributed by atoms with Crippen LogP contribution in [-0.2, 0) is 10.0 Å². The Hall–Kier alpha value is -1.37. The Morgan fingerprint density at radius 1 is 1.17 bits per heavy atom. The molecular formula is C17H20ClN3O2S. The molecule has 1 N–H and O–H groups in total. The van der Waals surface area contributed by atoms with Gasteiger partial charge >= 0.3 is 0 Å². The molecule has 0 radical (unpaired) electrons. The molecule has 5 nitrogen and oxygen atoms in total. The average molecular weight is 366 g/mol. The molecule has 1 aromatic heterocycles. The zero-order valence-corrected chi connectivity index (χ0v) is 14.9. The number of aromatic nitrogens is 1. The van der Waals surface area contributed by atoms with Crippen LogP contribution in [0.15, 0.2) is 30.3 Å². The number of fused-ring (bicyclic) bond motifs is 1. The minimum Gasteiger partial charge on any atom is -0.355 e. The highest BCUT2D eigenvalue weighted by atomic mass is 35.5. The summed E-state index contributed by atoms with van der Waals surface area (Å²) in [6, 6.07) is 9.61. The summed E-state index contributed by atoms with van der Waals surface area (Å²) >= 11 is 6.02. The van der Waals surface area contributed by atoms with Crippen molar-refractivity contribution >= 4 is 38.3 Å². The molecule has 1 atom stereocenters. The molecule has 0 spiro atoms. The molecule has 24 heavy (non-hydrogen) atoms. The Balaban J connectivity index is 1.52. The van der Waals surface area contributed by atoms with Gasteiger partial charge in [-0.2, -0.15) is 0 Å². The summed E-state index contributed by atoms with van der Waals surface area (Å²) in [6.45, 7) is 1.56. The summed E-state index contributed by atoms with van der Waals surface area (Å²) in [6.07, 6.45) is 3.42. The van der Waals surface area contributed by atoms with E-state index in [0.717, 1.165) is 48.9 Å². The molecule has 1 aliphatic carbocycles. The van der Waals surface area contributed by atoms with E-state index in [-0.39, 0.29) is 11.3 Å². The summed E-state index contributed by atoms with van der Waals surface area (Å²) < 4.78 is 27.2. The van der Waals surface area contributed by atoms with Crippen LogP contribution in [0.1, 0.15) is 25.7 Å². The minimum atomic E-state index is -3.14. The first-order valence-electron chi connectivity index (χ1n) is 8.34. The average Bonchev–Trinajstić information content (AvgIpc) is 3.39. The van der Waals surface area contributed by atoms with Crippen LogP contribution in [0.5, 0.6) is 0 Å². The van der Waals surface area contributed by atoms with Gasteiger partial charge in [0.2, 0.25) is 10.0 Å². The van der Waals surface area contributed by atoms with Gasteiger partial charge in [-0.3, -0.25) is 0 Å². The molecule has 0 bridgehead atoms. The Bertz CT molecular complexity index is 867. The molecule has 2 aliphatic rings. The molecule has 128 valence electrons. The highest BCUT2D eigenvalue weighted by Crippen LogP contribution is 2.29. The second-order valence-corrected chi connectivity index (χ2v) is 9.08. The molecule has 1 unspecified atom stereocenters. The third-order valence-electron chi connectivity index (χ3n) is 4.68. The van der Waals surface area contributed by atoms with Crippen LogP contribution in [0.25, 0.3) is 10.9 Å². The second-order valence-electron chi connectivity index (χ2n) is 6.65. The van der Waals surface area contributed by atoms with Crippen LogP contribution in [0.3, 0.4) is 0 Å². The van der Waals surface area contributed by atoms with Gasteiger partial charge in [0.15, 0.2) is 0 Å². The fraction of sp³-hybridized carbons (Fsp3) is 0.471. The van der Waals surface area contributed by atoms with Crippen molar-refractivity contribution in [2.75, 3.05) is 18.0 Å². The predicted molar refractivity (Wildman–Crippen MR) is 97.1 cm³/mol. The lowest BCUT2D eigenvalue weighted by Gasteiger charge is -2.34. The smallest absolute Gasteiger partial charge is 0.214 e. The second kappa shape index (κ2) is 6.17. The Morgan fingerprint density at radius 2 is 2.00 bits per heavy atom. The SMILES string of the molecule is O=S(=O)(NC1CCCN(c2ccc3cc(Cl)ccc3n2)C1)C1CC1. The van der Waals surface area contributed by atoms with E-state index >= 15 is 0 Å². The third-order valence-corrected chi connectivity index (χ3v) is 6.92. The van der Waals surface area contributed by atoms with Crippen LogP contribution in [0.2, 0.25) is 5.02 Å². The van der Waals surface area contributed by atoms with Crippen molar-refractivity contribution in [1.82, 2.24) is 9.71 Å². The molecule has 1 saturated carbocycles. The summed E-state index contributed by atoms with van der Waals surface area (Å²) in [7, 11) is -3.14. The number of halogens is 1. The molecule has 1 aliphatic heterocycles. The maximum atomic E-state index is 12.2. The summed E-state index contributed by atoms with van der Waals surface area (Å²) in [5.74, 6) is 0.889. The maximum absolute atomic E-state index is 12.2. The lowest BCUT2D eigenvalue weighted by molar-refractivity contribution is 0.464. The van der Waals surface area contributed by atoms with E-state index < -0.39 is 10.0 Å². The number of sulfonamides is 1. The molecule has 4 rings (SSSR count). The van der Waals surface area contributed by atoms with Crippen molar-refractivity contribution in [2.45, 2.75) is 37.0 Å². The normalized spacial score (nSPS) is 22.0. The van der Waals surface area contributed by atoms with Crippen molar-refractivity contribution < 1.29 is 8.42 Å². The molecule has 2 fully saturated rings. The quantitative estimate of drug-likeness (QED) is 0.904. The van der Waals surface area contributed by atoms with Crippen molar-refractivity contribution in [1.29, 1.82) is 0 Å². The molecule has 2 heterocycles. The monoisotopic (exact) mass is 365 g/mol. The van der Waals surface area contributed by atoms with Gasteiger partial charge in [0.25, 0.3) is 0 Å². The first kappa shape index (κ1) is 16.1. The highest BCUT2D eigenvalue weighted by Gasteiger charge is 2.37. The van der Waals surface area contributed by atoms with Crippen molar-refractivity contribution in [3.63, 3.8) is 0 Å². The first-order chi connectivity index (χ1) is 11.5. The molecule has 2 aromatic rings. The zero-order chi connectivity index (χ0) is 16.7. The standard InChI is InChI=1S/C17H20ClN3O2S/c18-13-4-7-16-12(10-13)3-8-17(19-16)21-9-1-2-14(11-21)20-24(22,23)15-5-6-15/h3-4,7-8,10,14-15,20H,1-2,5-6,9,11H2. The molecule has 0 amide bonds. The number of rotatable bonds is 4. The van der Waals surface area contributed by atoms with E-state index in [4.69, 9.17) is 16.6 Å². The summed E-state index contributed by atoms with van der Waals surface area (Å²) in [5.41, 5.74) is 0.901. The van der Waals surface area contributed by atoms with Crippen LogP contribution < -0.4 is 9.62 Å². The number of piperidine rings is 1. The van der Waals surface area contributed by atoms with Crippen molar-refractivity contribution in [3.8, 4) is 0 Å². The number of pyridine rings is 1. The van der Waals surface area contributed by atoms with Gasteiger partial charge in [0, 0.05) is 29.5 Å². The molecular weight excluding hydrogens is 346 g/mol. The van der Waals surface area contributed by atoms with E-state index in [9.17, 15) is 8.42 Å². The number of hydrogen-bond donors (Lipinski definition) is 1. The van der Waals surface area contributed by atoms with E-state index in [1.807, 2.05) is 30.3 Å². The van der Waals surface area contributed by atoms with E-state index in [1.165, 1.54) is 0 Å². The molecule has 7 heteroatoms. The van der Waals surface area contributed by atoms with Crippen LogP contribution in [-0.4, -0.2) is 37.8 Å². The third kappa shape index (κ3) is 3.36. The Morgan fingerprint density at radius 3 is 2.79 bits per heavy atom. The predicted octanol–water partition coefficient (Wildman–Crippen LogP) is 2.94. The van der Waals surface area contributed by atoms with Crippen LogP contribution >= 0.6 is 11.6 Å². The number of hydrogen-bond acceptors (Lipinski definition) is 4. The molecule has 1 aromatic carbocycles. The highest BCUT2D eigenvalue weighted by molar-refractivity contribution is 7.90. The van der Waals surface area contributed by atoms with Crippen molar-refractivity contribution in [3.05, 3.63) is 35.4 Å². The van der Waals surface area contributed by atoms with Crippen molar-refractivity contribution in [2.24, 2.45) is 0 Å². The fourth-order valence-electron chi connectivity index (χ4n) is 3.25. The number of anilines is 1. The summed E-state index contributed by atoms with van der Waals surface area (Å²) in [5, 5.41) is 1.54. The maximum Gasteiger partial charge on any atom is 0.214 e. The van der Waals surface area contributed by atoms with Gasteiger partial charge in [-0.15, -0.1) is 0 Å². The fourth-order valence-corrected chi connectivity index (χ4v) is 5.04. The van der Waals surface area contributed by atoms with Crippen LogP contribution in [0, 0.1) is 0 Å². The molecule has 1 saturated heterocycles. The topological polar surface area (TPSA) is 62.3 Å². The summed E-state index contributed by atoms with van der Waals surface area (Å²) in [4.78, 5) is 6.87. The lowest BCUT2D eigenvalue weighted by atomic mass is 10.1. The van der Waals surface area contributed by atoms with Crippen LogP contribution in [0.4, 0.5) is 5.82 Å². The number of nitrogens with one attached hydrogen (secondary N) is 1. The van der Waals surface area contributed by atoms with E-state index in [1.54, 1.807) is 0 Å². The van der Waals surface area contributed by atoms with E-state index in [0.29, 0.717) is 11.6 Å². The Labute approximate surface area is 147 Å². The zero-order valence-electron chi connectivity index (χ0n) is 13.3. The number of nitrogens with zero attached hydrogens (tertiary/aromatic N) is 2. The van der Waals surface area contributed by atoms with Gasteiger partial charge in [-0.05, 0) is 56.0 Å². The first-order valence-corrected chi connectivity index (χ1v) is 10.3. The Kier molecular flexibility index (Phi) is 4.14. The van der Waals surface area contributed by atoms with Gasteiger partial charge in [-0.1, -0.05) is 11.6 Å². The van der Waals surface area contributed by atoms with Gasteiger partial charge in [0.1, 0.15) is 5.82 Å². The van der Waals surface area contributed by atoms with Gasteiger partial charge < -0.3 is 4.90 Å². The number of benzene rings is 1. The van der Waals surface area contributed by atoms with Gasteiger partial charge in [0.05, 0.1) is 10.8 Å². The minimum absolute atomic E-state index is 0.0351. The van der Waals surface area contributed by atoms with Gasteiger partial charge in [-0.25, -0.2) is 18.1 Å². The largest absolute Gasteiger partial charge is 0.355 e.